The Bertz CT molecular complexity index is 391. The van der Waals surface area contributed by atoms with Crippen LogP contribution in [0.15, 0.2) is 18.5 Å². The Labute approximate surface area is 116 Å². The molecule has 2 atom stereocenters. The van der Waals surface area contributed by atoms with E-state index in [0.717, 1.165) is 32.0 Å². The van der Waals surface area contributed by atoms with Crippen LogP contribution in [0.3, 0.4) is 0 Å². The molecule has 0 aromatic carbocycles. The summed E-state index contributed by atoms with van der Waals surface area (Å²) in [5.74, 6) is 0.869. The molecular formula is C16H26N2O. The molecule has 3 nitrogen and oxygen atoms in total. The predicted octanol–water partition coefficient (Wildman–Crippen LogP) is 3.12. The molecule has 106 valence electrons. The number of aryl methyl sites for hydroxylation is 1. The van der Waals surface area contributed by atoms with Gasteiger partial charge >= 0.3 is 0 Å². The molecule has 1 aromatic rings. The summed E-state index contributed by atoms with van der Waals surface area (Å²) in [6, 6.07) is 2.87. The molecule has 2 aliphatic rings. The van der Waals surface area contributed by atoms with Gasteiger partial charge in [-0.15, -0.1) is 0 Å². The largest absolute Gasteiger partial charge is 0.378 e. The predicted molar refractivity (Wildman–Crippen MR) is 77.2 cm³/mol. The highest BCUT2D eigenvalue weighted by Crippen LogP contribution is 2.41. The number of hydrogen-bond donors (Lipinski definition) is 1. The fourth-order valence-corrected chi connectivity index (χ4v) is 3.15. The maximum Gasteiger partial charge on any atom is 0.0593 e. The van der Waals surface area contributed by atoms with E-state index in [9.17, 15) is 0 Å². The highest BCUT2D eigenvalue weighted by molar-refractivity contribution is 5.18. The van der Waals surface area contributed by atoms with Crippen molar-refractivity contribution >= 4 is 0 Å². The first kappa shape index (κ1) is 13.2. The van der Waals surface area contributed by atoms with E-state index in [0.29, 0.717) is 12.1 Å². The summed E-state index contributed by atoms with van der Waals surface area (Å²) in [7, 11) is 0. The zero-order chi connectivity index (χ0) is 13.1. The summed E-state index contributed by atoms with van der Waals surface area (Å²) in [5.41, 5.74) is 1.47. The molecule has 3 rings (SSSR count). The topological polar surface area (TPSA) is 26.2 Å². The zero-order valence-corrected chi connectivity index (χ0v) is 12.0. The van der Waals surface area contributed by atoms with Gasteiger partial charge in [-0.3, -0.25) is 0 Å². The van der Waals surface area contributed by atoms with Crippen LogP contribution in [0, 0.1) is 5.92 Å². The van der Waals surface area contributed by atoms with Crippen LogP contribution in [0.4, 0.5) is 0 Å². The second kappa shape index (κ2) is 6.10. The van der Waals surface area contributed by atoms with E-state index in [1.54, 1.807) is 0 Å². The average molecular weight is 262 g/mol. The van der Waals surface area contributed by atoms with Gasteiger partial charge in [0.05, 0.1) is 6.10 Å². The number of rotatable bonds is 7. The molecule has 1 saturated carbocycles. The Balaban J connectivity index is 1.55. The Hall–Kier alpha value is -0.800. The van der Waals surface area contributed by atoms with E-state index in [-0.39, 0.29) is 0 Å². The summed E-state index contributed by atoms with van der Waals surface area (Å²) in [6.45, 7) is 5.31. The van der Waals surface area contributed by atoms with Gasteiger partial charge in [0, 0.05) is 31.6 Å². The first-order valence-corrected chi connectivity index (χ1v) is 7.87. The first-order chi connectivity index (χ1) is 9.36. The Morgan fingerprint density at radius 3 is 3.00 bits per heavy atom. The van der Waals surface area contributed by atoms with E-state index in [2.05, 4.69) is 35.3 Å². The fourth-order valence-electron chi connectivity index (χ4n) is 3.15. The number of nitrogens with one attached hydrogen (secondary N) is 1. The third-order valence-corrected chi connectivity index (χ3v) is 4.38. The molecular weight excluding hydrogens is 236 g/mol. The van der Waals surface area contributed by atoms with Crippen molar-refractivity contribution in [3.63, 3.8) is 0 Å². The fraction of sp³-hybridized carbons (Fsp3) is 0.750. The number of aromatic nitrogens is 1. The highest BCUT2D eigenvalue weighted by atomic mass is 16.5. The van der Waals surface area contributed by atoms with E-state index in [1.165, 1.54) is 31.2 Å². The Morgan fingerprint density at radius 1 is 1.42 bits per heavy atom. The van der Waals surface area contributed by atoms with Gasteiger partial charge in [0.1, 0.15) is 0 Å². The van der Waals surface area contributed by atoms with Gasteiger partial charge in [0.15, 0.2) is 0 Å². The van der Waals surface area contributed by atoms with Crippen molar-refractivity contribution in [2.45, 2.75) is 57.7 Å². The molecule has 1 aliphatic carbocycles. The minimum Gasteiger partial charge on any atom is -0.378 e. The van der Waals surface area contributed by atoms with Crippen LogP contribution in [0.1, 0.15) is 50.6 Å². The Morgan fingerprint density at radius 2 is 2.32 bits per heavy atom. The first-order valence-electron chi connectivity index (χ1n) is 7.87. The summed E-state index contributed by atoms with van der Waals surface area (Å²) in [5, 5.41) is 3.63. The maximum absolute atomic E-state index is 5.69. The molecule has 0 amide bonds. The van der Waals surface area contributed by atoms with Crippen molar-refractivity contribution in [1.29, 1.82) is 0 Å². The van der Waals surface area contributed by atoms with Crippen LogP contribution in [0.25, 0.3) is 0 Å². The van der Waals surface area contributed by atoms with Crippen molar-refractivity contribution in [3.8, 4) is 0 Å². The van der Waals surface area contributed by atoms with Crippen molar-refractivity contribution in [2.75, 3.05) is 13.2 Å². The van der Waals surface area contributed by atoms with Crippen LogP contribution in [0.2, 0.25) is 0 Å². The average Bonchev–Trinajstić information content (AvgIpc) is 2.92. The lowest BCUT2D eigenvalue weighted by molar-refractivity contribution is 0.100. The molecule has 2 heterocycles. The van der Waals surface area contributed by atoms with E-state index in [1.807, 2.05) is 0 Å². The van der Waals surface area contributed by atoms with Crippen LogP contribution in [-0.4, -0.2) is 23.8 Å². The van der Waals surface area contributed by atoms with Gasteiger partial charge in [-0.2, -0.15) is 0 Å². The molecule has 1 N–H and O–H groups in total. The molecule has 0 radical (unpaired) electrons. The SMILES string of the molecule is CCNC(c1ccn(CCC2CCCO2)c1)C1CC1. The van der Waals surface area contributed by atoms with Crippen LogP contribution in [0.5, 0.6) is 0 Å². The molecule has 1 saturated heterocycles. The Kier molecular flexibility index (Phi) is 4.24. The lowest BCUT2D eigenvalue weighted by atomic mass is 10.1. The lowest BCUT2D eigenvalue weighted by Gasteiger charge is -2.16. The van der Waals surface area contributed by atoms with Gasteiger partial charge in [0.25, 0.3) is 0 Å². The molecule has 1 aromatic heterocycles. The minimum absolute atomic E-state index is 0.499. The second-order valence-electron chi connectivity index (χ2n) is 5.98. The summed E-state index contributed by atoms with van der Waals surface area (Å²) >= 11 is 0. The van der Waals surface area contributed by atoms with Gasteiger partial charge in [0.2, 0.25) is 0 Å². The smallest absolute Gasteiger partial charge is 0.0593 e. The molecule has 3 heteroatoms. The van der Waals surface area contributed by atoms with Crippen molar-refractivity contribution in [2.24, 2.45) is 5.92 Å². The normalized spacial score (nSPS) is 24.8. The summed E-state index contributed by atoms with van der Waals surface area (Å²) in [4.78, 5) is 0. The quantitative estimate of drug-likeness (QED) is 0.817. The standard InChI is InChI=1S/C16H26N2O/c1-2-17-16(13-5-6-13)14-7-9-18(12-14)10-8-15-4-3-11-19-15/h7,9,12-13,15-17H,2-6,8,10-11H2,1H3. The molecule has 1 aliphatic heterocycles. The number of ether oxygens (including phenoxy) is 1. The highest BCUT2D eigenvalue weighted by Gasteiger charge is 2.32. The van der Waals surface area contributed by atoms with Crippen molar-refractivity contribution in [3.05, 3.63) is 24.0 Å². The van der Waals surface area contributed by atoms with Crippen molar-refractivity contribution < 1.29 is 4.74 Å². The molecule has 0 spiro atoms. The zero-order valence-electron chi connectivity index (χ0n) is 12.0. The molecule has 2 unspecified atom stereocenters. The van der Waals surface area contributed by atoms with E-state index in [4.69, 9.17) is 4.74 Å². The van der Waals surface area contributed by atoms with Gasteiger partial charge in [-0.05, 0) is 56.2 Å². The van der Waals surface area contributed by atoms with Gasteiger partial charge < -0.3 is 14.6 Å². The molecule has 0 bridgehead atoms. The summed E-state index contributed by atoms with van der Waals surface area (Å²) in [6.07, 6.45) is 11.5. The summed E-state index contributed by atoms with van der Waals surface area (Å²) < 4.78 is 8.03. The van der Waals surface area contributed by atoms with E-state index >= 15 is 0 Å². The third-order valence-electron chi connectivity index (χ3n) is 4.38. The van der Waals surface area contributed by atoms with Crippen LogP contribution >= 0.6 is 0 Å². The number of nitrogens with zero attached hydrogens (tertiary/aromatic N) is 1. The van der Waals surface area contributed by atoms with Gasteiger partial charge in [-0.1, -0.05) is 6.92 Å². The van der Waals surface area contributed by atoms with Crippen LogP contribution in [-0.2, 0) is 11.3 Å². The molecule has 19 heavy (non-hydrogen) atoms. The third kappa shape index (κ3) is 3.40. The van der Waals surface area contributed by atoms with Crippen molar-refractivity contribution in [1.82, 2.24) is 9.88 Å². The second-order valence-corrected chi connectivity index (χ2v) is 5.98. The van der Waals surface area contributed by atoms with E-state index < -0.39 is 0 Å². The molecule has 2 fully saturated rings. The van der Waals surface area contributed by atoms with Gasteiger partial charge in [-0.25, -0.2) is 0 Å². The lowest BCUT2D eigenvalue weighted by Crippen LogP contribution is -2.22. The minimum atomic E-state index is 0.499. The van der Waals surface area contributed by atoms with Crippen LogP contribution < -0.4 is 5.32 Å². The maximum atomic E-state index is 5.69. The number of hydrogen-bond acceptors (Lipinski definition) is 2. The monoisotopic (exact) mass is 262 g/mol.